The van der Waals surface area contributed by atoms with E-state index < -0.39 is 0 Å². The van der Waals surface area contributed by atoms with Crippen molar-refractivity contribution < 1.29 is 4.79 Å². The summed E-state index contributed by atoms with van der Waals surface area (Å²) in [5, 5.41) is 0. The molecular weight excluding hydrogens is 366 g/mol. The lowest BCUT2D eigenvalue weighted by Crippen LogP contribution is -2.37. The van der Waals surface area contributed by atoms with Crippen LogP contribution >= 0.6 is 11.3 Å². The summed E-state index contributed by atoms with van der Waals surface area (Å²) >= 11 is 1.61. The minimum absolute atomic E-state index is 0.202. The Balaban J connectivity index is 1.46. The molecule has 0 radical (unpaired) electrons. The molecule has 0 spiro atoms. The first-order chi connectivity index (χ1) is 13.5. The van der Waals surface area contributed by atoms with Crippen LogP contribution in [-0.4, -0.2) is 52.9 Å². The fourth-order valence-electron chi connectivity index (χ4n) is 4.40. The molecular formula is C23H31N3OS. The van der Waals surface area contributed by atoms with Crippen LogP contribution in [0.3, 0.4) is 0 Å². The number of aryl methyl sites for hydroxylation is 1. The Morgan fingerprint density at radius 2 is 1.86 bits per heavy atom. The van der Waals surface area contributed by atoms with Gasteiger partial charge < -0.3 is 9.80 Å². The number of thiophene rings is 1. The summed E-state index contributed by atoms with van der Waals surface area (Å²) in [6.07, 6.45) is 6.64. The summed E-state index contributed by atoms with van der Waals surface area (Å²) in [5.74, 6) is 0.772. The van der Waals surface area contributed by atoms with Crippen LogP contribution in [0.15, 0.2) is 24.4 Å². The predicted octanol–water partition coefficient (Wildman–Crippen LogP) is 4.94. The number of piperidine rings is 1. The van der Waals surface area contributed by atoms with E-state index >= 15 is 0 Å². The Morgan fingerprint density at radius 3 is 2.46 bits per heavy atom. The minimum atomic E-state index is 0.202. The summed E-state index contributed by atoms with van der Waals surface area (Å²) in [4.78, 5) is 24.2. The Hall–Kier alpha value is -1.72. The quantitative estimate of drug-likeness (QED) is 0.733. The summed E-state index contributed by atoms with van der Waals surface area (Å²) in [6, 6.07) is 7.16. The summed E-state index contributed by atoms with van der Waals surface area (Å²) in [5.41, 5.74) is 3.42. The average Bonchev–Trinajstić information content (AvgIpc) is 3.38. The van der Waals surface area contributed by atoms with Crippen LogP contribution in [0.5, 0.6) is 0 Å². The van der Waals surface area contributed by atoms with Crippen molar-refractivity contribution in [1.29, 1.82) is 0 Å². The third-order valence-corrected chi connectivity index (χ3v) is 7.53. The number of carbonyl (C=O) groups is 1. The van der Waals surface area contributed by atoms with Crippen molar-refractivity contribution in [3.63, 3.8) is 0 Å². The smallest absolute Gasteiger partial charge is 0.264 e. The lowest BCUT2D eigenvalue weighted by atomic mass is 9.92. The van der Waals surface area contributed by atoms with Crippen molar-refractivity contribution in [2.24, 2.45) is 0 Å². The highest BCUT2D eigenvalue weighted by Crippen LogP contribution is 2.34. The fraction of sp³-hybridized carbons (Fsp3) is 0.565. The van der Waals surface area contributed by atoms with Crippen molar-refractivity contribution in [2.45, 2.75) is 58.4 Å². The maximum Gasteiger partial charge on any atom is 0.264 e. The lowest BCUT2D eigenvalue weighted by Gasteiger charge is -2.34. The van der Waals surface area contributed by atoms with Crippen molar-refractivity contribution in [2.75, 3.05) is 26.2 Å². The van der Waals surface area contributed by atoms with Crippen LogP contribution < -0.4 is 0 Å². The van der Waals surface area contributed by atoms with Gasteiger partial charge in [0.1, 0.15) is 0 Å². The molecule has 0 aromatic carbocycles. The third-order valence-electron chi connectivity index (χ3n) is 6.25. The van der Waals surface area contributed by atoms with Crippen LogP contribution in [0.4, 0.5) is 0 Å². The minimum Gasteiger partial charge on any atom is -0.338 e. The van der Waals surface area contributed by atoms with Crippen molar-refractivity contribution in [1.82, 2.24) is 14.8 Å². The first-order valence-corrected chi connectivity index (χ1v) is 11.4. The molecule has 5 heteroatoms. The first kappa shape index (κ1) is 19.6. The van der Waals surface area contributed by atoms with E-state index in [1.165, 1.54) is 18.5 Å². The van der Waals surface area contributed by atoms with E-state index in [4.69, 9.17) is 4.98 Å². The molecule has 0 atom stereocenters. The highest BCUT2D eigenvalue weighted by Gasteiger charge is 2.24. The Bertz CT molecular complexity index is 813. The van der Waals surface area contributed by atoms with Gasteiger partial charge in [0, 0.05) is 47.4 Å². The second-order valence-electron chi connectivity index (χ2n) is 8.50. The largest absolute Gasteiger partial charge is 0.338 e. The number of carbonyl (C=O) groups excluding carboxylic acids is 1. The van der Waals surface area contributed by atoms with Gasteiger partial charge >= 0.3 is 0 Å². The Labute approximate surface area is 172 Å². The molecule has 0 N–H and O–H groups in total. The number of nitrogens with zero attached hydrogens (tertiary/aromatic N) is 3. The molecule has 2 fully saturated rings. The Kier molecular flexibility index (Phi) is 5.83. The SMILES string of the molecule is Cc1cc(-c2ccc(C3CCN(C(C)C)CC3)nc2)sc1C(=O)N1CCCC1. The molecule has 0 aliphatic carbocycles. The van der Waals surface area contributed by atoms with Crippen molar-refractivity contribution in [3.05, 3.63) is 40.5 Å². The normalized spacial score (nSPS) is 18.9. The molecule has 0 bridgehead atoms. The molecule has 4 heterocycles. The van der Waals surface area contributed by atoms with Gasteiger partial charge in [-0.25, -0.2) is 0 Å². The van der Waals surface area contributed by atoms with Gasteiger partial charge in [-0.05, 0) is 77.2 Å². The van der Waals surface area contributed by atoms with Gasteiger partial charge in [-0.15, -0.1) is 11.3 Å². The molecule has 2 aromatic heterocycles. The molecule has 2 saturated heterocycles. The molecule has 2 aliphatic rings. The maximum atomic E-state index is 12.8. The van der Waals surface area contributed by atoms with Crippen molar-refractivity contribution >= 4 is 17.2 Å². The summed E-state index contributed by atoms with van der Waals surface area (Å²) in [7, 11) is 0. The second-order valence-corrected chi connectivity index (χ2v) is 9.55. The zero-order valence-electron chi connectivity index (χ0n) is 17.3. The monoisotopic (exact) mass is 397 g/mol. The van der Waals surface area contributed by atoms with Crippen LogP contribution in [-0.2, 0) is 0 Å². The van der Waals surface area contributed by atoms with Gasteiger partial charge in [-0.3, -0.25) is 9.78 Å². The van der Waals surface area contributed by atoms with E-state index in [-0.39, 0.29) is 5.91 Å². The van der Waals surface area contributed by atoms with Crippen LogP contribution in [0, 0.1) is 6.92 Å². The van der Waals surface area contributed by atoms with Crippen LogP contribution in [0.1, 0.15) is 66.4 Å². The molecule has 28 heavy (non-hydrogen) atoms. The standard InChI is InChI=1S/C23H31N3OS/c1-16(2)25-12-8-18(9-13-25)20-7-6-19(15-24-20)21-14-17(3)22(28-21)23(27)26-10-4-5-11-26/h6-7,14-16,18H,4-5,8-13H2,1-3H3. The number of aromatic nitrogens is 1. The van der Waals surface area contributed by atoms with Crippen LogP contribution in [0.25, 0.3) is 10.4 Å². The second kappa shape index (κ2) is 8.34. The van der Waals surface area contributed by atoms with Gasteiger partial charge in [0.05, 0.1) is 4.88 Å². The molecule has 4 rings (SSSR count). The average molecular weight is 398 g/mol. The molecule has 150 valence electrons. The van der Waals surface area contributed by atoms with Gasteiger partial charge in [-0.2, -0.15) is 0 Å². The van der Waals surface area contributed by atoms with E-state index in [1.807, 2.05) is 18.0 Å². The number of hydrogen-bond acceptors (Lipinski definition) is 4. The van der Waals surface area contributed by atoms with E-state index in [9.17, 15) is 4.79 Å². The van der Waals surface area contributed by atoms with E-state index in [2.05, 4.69) is 36.9 Å². The first-order valence-electron chi connectivity index (χ1n) is 10.6. The zero-order chi connectivity index (χ0) is 19.7. The topological polar surface area (TPSA) is 36.4 Å². The van der Waals surface area contributed by atoms with E-state index in [1.54, 1.807) is 11.3 Å². The van der Waals surface area contributed by atoms with Crippen molar-refractivity contribution in [3.8, 4) is 10.4 Å². The number of hydrogen-bond donors (Lipinski definition) is 0. The number of amides is 1. The van der Waals surface area contributed by atoms with E-state index in [0.717, 1.165) is 59.9 Å². The maximum absolute atomic E-state index is 12.8. The molecule has 2 aliphatic heterocycles. The lowest BCUT2D eigenvalue weighted by molar-refractivity contribution is 0.0797. The Morgan fingerprint density at radius 1 is 1.14 bits per heavy atom. The highest BCUT2D eigenvalue weighted by atomic mass is 32.1. The van der Waals surface area contributed by atoms with Gasteiger partial charge in [0.2, 0.25) is 0 Å². The zero-order valence-corrected chi connectivity index (χ0v) is 18.1. The fourth-order valence-corrected chi connectivity index (χ4v) is 5.54. The molecule has 0 saturated carbocycles. The van der Waals surface area contributed by atoms with Gasteiger partial charge in [0.15, 0.2) is 0 Å². The van der Waals surface area contributed by atoms with Gasteiger partial charge in [-0.1, -0.05) is 6.07 Å². The highest BCUT2D eigenvalue weighted by molar-refractivity contribution is 7.17. The summed E-state index contributed by atoms with van der Waals surface area (Å²) < 4.78 is 0. The predicted molar refractivity (Wildman–Crippen MR) is 116 cm³/mol. The third kappa shape index (κ3) is 4.01. The molecule has 1 amide bonds. The van der Waals surface area contributed by atoms with Crippen LogP contribution in [0.2, 0.25) is 0 Å². The number of pyridine rings is 1. The molecule has 0 unspecified atom stereocenters. The molecule has 4 nitrogen and oxygen atoms in total. The summed E-state index contributed by atoms with van der Waals surface area (Å²) in [6.45, 7) is 10.7. The molecule has 2 aromatic rings. The van der Waals surface area contributed by atoms with E-state index in [0.29, 0.717) is 12.0 Å². The van der Waals surface area contributed by atoms with Gasteiger partial charge in [0.25, 0.3) is 5.91 Å². The number of rotatable bonds is 4. The number of likely N-dealkylation sites (tertiary alicyclic amines) is 2.